The summed E-state index contributed by atoms with van der Waals surface area (Å²) >= 11 is 0. The largest absolute Gasteiger partial charge is 0.504 e. The zero-order valence-electron chi connectivity index (χ0n) is 9.93. The standard InChI is InChI=1S/C12H14N2O3/c1-12(2,3)14-11(17)8-5-10(16)9(15)4-7(8)6-13-14/h4-6,15-16H,1-3H3. The fourth-order valence-electron chi connectivity index (χ4n) is 1.65. The van der Waals surface area contributed by atoms with E-state index in [1.165, 1.54) is 23.0 Å². The van der Waals surface area contributed by atoms with Gasteiger partial charge in [-0.2, -0.15) is 5.10 Å². The Labute approximate surface area is 97.9 Å². The number of hydrogen-bond acceptors (Lipinski definition) is 4. The van der Waals surface area contributed by atoms with Gasteiger partial charge in [0.25, 0.3) is 5.56 Å². The molecule has 1 heterocycles. The topological polar surface area (TPSA) is 75.3 Å². The first-order chi connectivity index (χ1) is 7.80. The average molecular weight is 234 g/mol. The summed E-state index contributed by atoms with van der Waals surface area (Å²) in [6.07, 6.45) is 1.50. The van der Waals surface area contributed by atoms with Crippen molar-refractivity contribution >= 4 is 10.8 Å². The zero-order chi connectivity index (χ0) is 12.8. The molecule has 0 amide bonds. The van der Waals surface area contributed by atoms with Gasteiger partial charge < -0.3 is 10.2 Å². The molecule has 0 aliphatic heterocycles. The molecule has 0 spiro atoms. The minimum Gasteiger partial charge on any atom is -0.504 e. The van der Waals surface area contributed by atoms with Gasteiger partial charge >= 0.3 is 0 Å². The lowest BCUT2D eigenvalue weighted by Gasteiger charge is -2.20. The van der Waals surface area contributed by atoms with E-state index in [2.05, 4.69) is 5.10 Å². The van der Waals surface area contributed by atoms with Crippen molar-refractivity contribution < 1.29 is 10.2 Å². The first-order valence-electron chi connectivity index (χ1n) is 5.25. The molecule has 2 rings (SSSR count). The molecule has 0 saturated heterocycles. The van der Waals surface area contributed by atoms with Gasteiger partial charge in [0.05, 0.1) is 17.1 Å². The molecule has 0 aliphatic carbocycles. The van der Waals surface area contributed by atoms with Crippen molar-refractivity contribution in [2.45, 2.75) is 26.3 Å². The van der Waals surface area contributed by atoms with Crippen molar-refractivity contribution in [3.63, 3.8) is 0 Å². The van der Waals surface area contributed by atoms with Gasteiger partial charge in [0.15, 0.2) is 11.5 Å². The number of benzene rings is 1. The highest BCUT2D eigenvalue weighted by Crippen LogP contribution is 2.28. The van der Waals surface area contributed by atoms with Crippen molar-refractivity contribution in [2.75, 3.05) is 0 Å². The summed E-state index contributed by atoms with van der Waals surface area (Å²) < 4.78 is 1.35. The second-order valence-electron chi connectivity index (χ2n) is 4.96. The van der Waals surface area contributed by atoms with Gasteiger partial charge in [-0.3, -0.25) is 4.79 Å². The van der Waals surface area contributed by atoms with Crippen molar-refractivity contribution in [3.8, 4) is 11.5 Å². The third-order valence-electron chi connectivity index (χ3n) is 2.52. The maximum absolute atomic E-state index is 12.1. The van der Waals surface area contributed by atoms with E-state index >= 15 is 0 Å². The Hall–Kier alpha value is -2.04. The van der Waals surface area contributed by atoms with Crippen molar-refractivity contribution in [1.82, 2.24) is 9.78 Å². The molecule has 0 bridgehead atoms. The lowest BCUT2D eigenvalue weighted by atomic mass is 10.1. The second kappa shape index (κ2) is 3.48. The van der Waals surface area contributed by atoms with Gasteiger partial charge in [-0.25, -0.2) is 4.68 Å². The predicted octanol–water partition coefficient (Wildman–Crippen LogP) is 1.56. The molecule has 0 radical (unpaired) electrons. The number of hydrogen-bond donors (Lipinski definition) is 2. The molecule has 1 aromatic heterocycles. The predicted molar refractivity (Wildman–Crippen MR) is 64.3 cm³/mol. The molecule has 0 fully saturated rings. The number of phenols is 2. The van der Waals surface area contributed by atoms with Crippen LogP contribution in [0.4, 0.5) is 0 Å². The molecular formula is C12H14N2O3. The Morgan fingerprint density at radius 1 is 1.18 bits per heavy atom. The minimum absolute atomic E-state index is 0.257. The van der Waals surface area contributed by atoms with Crippen LogP contribution in [0.25, 0.3) is 10.8 Å². The molecule has 1 aromatic carbocycles. The van der Waals surface area contributed by atoms with Crippen LogP contribution in [0.2, 0.25) is 0 Å². The SMILES string of the molecule is CC(C)(C)n1ncc2cc(O)c(O)cc2c1=O. The van der Waals surface area contributed by atoms with Gasteiger partial charge in [-0.1, -0.05) is 0 Å². The maximum Gasteiger partial charge on any atom is 0.275 e. The van der Waals surface area contributed by atoms with E-state index in [9.17, 15) is 15.0 Å². The number of aromatic nitrogens is 2. The van der Waals surface area contributed by atoms with Crippen LogP contribution in [0.1, 0.15) is 20.8 Å². The highest BCUT2D eigenvalue weighted by molar-refractivity contribution is 5.84. The van der Waals surface area contributed by atoms with E-state index in [0.29, 0.717) is 10.8 Å². The number of nitrogens with zero attached hydrogens (tertiary/aromatic N) is 2. The minimum atomic E-state index is -0.432. The number of fused-ring (bicyclic) bond motifs is 1. The Morgan fingerprint density at radius 2 is 1.76 bits per heavy atom. The summed E-state index contributed by atoms with van der Waals surface area (Å²) in [7, 11) is 0. The first kappa shape index (κ1) is 11.4. The molecular weight excluding hydrogens is 220 g/mol. The number of phenolic OH excluding ortho intramolecular Hbond substituents is 2. The molecule has 2 N–H and O–H groups in total. The molecule has 0 atom stereocenters. The number of aromatic hydroxyl groups is 2. The molecule has 5 nitrogen and oxygen atoms in total. The van der Waals surface area contributed by atoms with Crippen LogP contribution in [0, 0.1) is 0 Å². The molecule has 0 unspecified atom stereocenters. The number of rotatable bonds is 0. The summed E-state index contributed by atoms with van der Waals surface area (Å²) in [6.45, 7) is 5.61. The normalized spacial score (nSPS) is 11.9. The summed E-state index contributed by atoms with van der Waals surface area (Å²) in [5, 5.41) is 23.7. The fourth-order valence-corrected chi connectivity index (χ4v) is 1.65. The first-order valence-corrected chi connectivity index (χ1v) is 5.25. The third kappa shape index (κ3) is 1.84. The Morgan fingerprint density at radius 3 is 2.35 bits per heavy atom. The van der Waals surface area contributed by atoms with Crippen molar-refractivity contribution in [3.05, 3.63) is 28.7 Å². The quantitative estimate of drug-likeness (QED) is 0.678. The van der Waals surface area contributed by atoms with Crippen LogP contribution in [0.3, 0.4) is 0 Å². The summed E-state index contributed by atoms with van der Waals surface area (Å²) in [4.78, 5) is 12.1. The highest BCUT2D eigenvalue weighted by Gasteiger charge is 2.18. The van der Waals surface area contributed by atoms with Crippen LogP contribution in [0.5, 0.6) is 11.5 Å². The van der Waals surface area contributed by atoms with E-state index in [4.69, 9.17) is 0 Å². The van der Waals surface area contributed by atoms with Crippen LogP contribution < -0.4 is 5.56 Å². The van der Waals surface area contributed by atoms with E-state index < -0.39 is 5.54 Å². The maximum atomic E-state index is 12.1. The van der Waals surface area contributed by atoms with Gasteiger partial charge in [-0.15, -0.1) is 0 Å². The average Bonchev–Trinajstić information content (AvgIpc) is 2.19. The van der Waals surface area contributed by atoms with E-state index in [-0.39, 0.29) is 17.1 Å². The summed E-state index contributed by atoms with van der Waals surface area (Å²) in [5.41, 5.74) is -0.719. The van der Waals surface area contributed by atoms with Gasteiger partial charge in [0.2, 0.25) is 0 Å². The van der Waals surface area contributed by atoms with Gasteiger partial charge in [-0.05, 0) is 32.9 Å². The molecule has 17 heavy (non-hydrogen) atoms. The lowest BCUT2D eigenvalue weighted by molar-refractivity contribution is 0.340. The molecule has 0 saturated carbocycles. The van der Waals surface area contributed by atoms with Crippen LogP contribution in [-0.2, 0) is 5.54 Å². The van der Waals surface area contributed by atoms with Crippen molar-refractivity contribution in [1.29, 1.82) is 0 Å². The summed E-state index contributed by atoms with van der Waals surface area (Å²) in [5.74, 6) is -0.562. The van der Waals surface area contributed by atoms with E-state index in [0.717, 1.165) is 0 Å². The molecule has 0 aliphatic rings. The molecule has 90 valence electrons. The third-order valence-corrected chi connectivity index (χ3v) is 2.52. The Balaban J connectivity index is 2.85. The second-order valence-corrected chi connectivity index (χ2v) is 4.96. The van der Waals surface area contributed by atoms with Crippen LogP contribution in [-0.4, -0.2) is 20.0 Å². The monoisotopic (exact) mass is 234 g/mol. The fraction of sp³-hybridized carbons (Fsp3) is 0.333. The zero-order valence-corrected chi connectivity index (χ0v) is 9.93. The van der Waals surface area contributed by atoms with E-state index in [1.54, 1.807) is 0 Å². The Kier molecular flexibility index (Phi) is 2.34. The van der Waals surface area contributed by atoms with Crippen LogP contribution in [0.15, 0.2) is 23.1 Å². The molecule has 2 aromatic rings. The van der Waals surface area contributed by atoms with Crippen molar-refractivity contribution in [2.24, 2.45) is 0 Å². The van der Waals surface area contributed by atoms with E-state index in [1.807, 2.05) is 20.8 Å². The van der Waals surface area contributed by atoms with Gasteiger partial charge in [0, 0.05) is 5.39 Å². The Bertz CT molecular complexity index is 638. The summed E-state index contributed by atoms with van der Waals surface area (Å²) in [6, 6.07) is 2.59. The molecule has 5 heteroatoms. The smallest absolute Gasteiger partial charge is 0.275 e. The van der Waals surface area contributed by atoms with Crippen LogP contribution >= 0.6 is 0 Å². The van der Waals surface area contributed by atoms with Gasteiger partial charge in [0.1, 0.15) is 0 Å². The highest BCUT2D eigenvalue weighted by atomic mass is 16.3. The lowest BCUT2D eigenvalue weighted by Crippen LogP contribution is -2.35.